The van der Waals surface area contributed by atoms with Crippen LogP contribution >= 0.6 is 11.6 Å². The maximum Gasteiger partial charge on any atom is 0.246 e. The molecule has 2 heterocycles. The number of carbonyl (C=O) groups excluding carboxylic acids is 1. The highest BCUT2D eigenvalue weighted by atomic mass is 35.5. The van der Waals surface area contributed by atoms with Crippen LogP contribution in [0.1, 0.15) is 38.5 Å². The molecule has 0 atom stereocenters. The van der Waals surface area contributed by atoms with E-state index in [9.17, 15) is 13.2 Å². The molecule has 1 aromatic carbocycles. The Morgan fingerprint density at radius 1 is 1.00 bits per heavy atom. The number of anilines is 2. The number of carbonyl (C=O) groups is 1. The maximum absolute atomic E-state index is 13.4. The molecule has 1 N–H and O–H groups in total. The van der Waals surface area contributed by atoms with Crippen molar-refractivity contribution in [1.82, 2.24) is 4.98 Å². The quantitative estimate of drug-likeness (QED) is 0.769. The van der Waals surface area contributed by atoms with Crippen LogP contribution in [0.3, 0.4) is 0 Å². The van der Waals surface area contributed by atoms with E-state index in [1.165, 1.54) is 24.3 Å². The van der Waals surface area contributed by atoms with E-state index in [0.29, 0.717) is 36.4 Å². The summed E-state index contributed by atoms with van der Waals surface area (Å²) < 4.78 is 25.3. The smallest absolute Gasteiger partial charge is 0.246 e. The molecule has 29 heavy (non-hydrogen) atoms. The van der Waals surface area contributed by atoms with Gasteiger partial charge in [0.05, 0.1) is 16.8 Å². The van der Waals surface area contributed by atoms with Gasteiger partial charge in [-0.1, -0.05) is 24.4 Å². The Morgan fingerprint density at radius 2 is 1.66 bits per heavy atom. The lowest BCUT2D eigenvalue weighted by atomic mass is 10.1. The molecular weight excluding hydrogens is 410 g/mol. The van der Waals surface area contributed by atoms with Gasteiger partial charge in [0.2, 0.25) is 5.91 Å². The highest BCUT2D eigenvalue weighted by Gasteiger charge is 2.53. The predicted octanol–water partition coefficient (Wildman–Crippen LogP) is 4.06. The lowest BCUT2D eigenvalue weighted by Gasteiger charge is -2.27. The van der Waals surface area contributed by atoms with Crippen molar-refractivity contribution in [2.24, 2.45) is 0 Å². The van der Waals surface area contributed by atoms with Gasteiger partial charge >= 0.3 is 0 Å². The first-order chi connectivity index (χ1) is 13.9. The van der Waals surface area contributed by atoms with E-state index in [0.717, 1.165) is 31.7 Å². The normalized spacial score (nSPS) is 18.7. The van der Waals surface area contributed by atoms with Crippen LogP contribution in [-0.4, -0.2) is 37.1 Å². The zero-order valence-electron chi connectivity index (χ0n) is 16.1. The molecule has 2 aliphatic rings. The van der Waals surface area contributed by atoms with E-state index in [1.54, 1.807) is 12.3 Å². The van der Waals surface area contributed by atoms with E-state index >= 15 is 0 Å². The summed E-state index contributed by atoms with van der Waals surface area (Å²) in [6.45, 7) is 1.97. The number of rotatable bonds is 5. The van der Waals surface area contributed by atoms with Gasteiger partial charge in [-0.25, -0.2) is 13.4 Å². The monoisotopic (exact) mass is 433 g/mol. The SMILES string of the molecule is O=C(Nc1ccc(N2CCCC2)nc1)C1(S(=O)(=O)c2ccc(Cl)cc2)CCCC1. The van der Waals surface area contributed by atoms with Crippen LogP contribution in [0.25, 0.3) is 0 Å². The zero-order valence-corrected chi connectivity index (χ0v) is 17.7. The first-order valence-corrected chi connectivity index (χ1v) is 11.8. The summed E-state index contributed by atoms with van der Waals surface area (Å²) in [6, 6.07) is 9.67. The van der Waals surface area contributed by atoms with Crippen molar-refractivity contribution in [3.63, 3.8) is 0 Å². The van der Waals surface area contributed by atoms with Crippen LogP contribution in [-0.2, 0) is 14.6 Å². The number of aromatic nitrogens is 1. The Kier molecular flexibility index (Phi) is 5.53. The predicted molar refractivity (Wildman–Crippen MR) is 114 cm³/mol. The number of hydrogen-bond acceptors (Lipinski definition) is 5. The van der Waals surface area contributed by atoms with E-state index in [4.69, 9.17) is 11.6 Å². The van der Waals surface area contributed by atoms with Crippen LogP contribution in [0, 0.1) is 0 Å². The molecule has 1 saturated carbocycles. The minimum atomic E-state index is -3.86. The molecule has 2 fully saturated rings. The second-order valence-electron chi connectivity index (χ2n) is 7.71. The number of sulfone groups is 1. The van der Waals surface area contributed by atoms with Gasteiger partial charge in [-0.05, 0) is 62.1 Å². The number of amides is 1. The Labute approximate surface area is 176 Å². The Bertz CT molecular complexity index is 979. The largest absolute Gasteiger partial charge is 0.357 e. The third kappa shape index (κ3) is 3.73. The first-order valence-electron chi connectivity index (χ1n) is 9.95. The number of hydrogen-bond donors (Lipinski definition) is 1. The minimum Gasteiger partial charge on any atom is -0.357 e. The number of pyridine rings is 1. The van der Waals surface area contributed by atoms with E-state index in [2.05, 4.69) is 15.2 Å². The molecule has 1 amide bonds. The average molecular weight is 434 g/mol. The van der Waals surface area contributed by atoms with Crippen molar-refractivity contribution in [1.29, 1.82) is 0 Å². The molecule has 0 bridgehead atoms. The number of benzene rings is 1. The van der Waals surface area contributed by atoms with Gasteiger partial charge in [0.15, 0.2) is 14.6 Å². The second-order valence-corrected chi connectivity index (χ2v) is 10.4. The summed E-state index contributed by atoms with van der Waals surface area (Å²) in [4.78, 5) is 20.0. The molecule has 1 aliphatic heterocycles. The van der Waals surface area contributed by atoms with E-state index < -0.39 is 20.5 Å². The van der Waals surface area contributed by atoms with E-state index in [-0.39, 0.29) is 4.90 Å². The molecule has 1 aliphatic carbocycles. The molecule has 4 rings (SSSR count). The van der Waals surface area contributed by atoms with Crippen molar-refractivity contribution in [2.75, 3.05) is 23.3 Å². The van der Waals surface area contributed by atoms with Gasteiger partial charge in [0.25, 0.3) is 0 Å². The molecule has 0 unspecified atom stereocenters. The molecular formula is C21H24ClN3O3S. The molecule has 154 valence electrons. The number of nitrogens with zero attached hydrogens (tertiary/aromatic N) is 2. The fourth-order valence-corrected chi connectivity index (χ4v) is 6.43. The molecule has 1 saturated heterocycles. The topological polar surface area (TPSA) is 79.4 Å². The highest BCUT2D eigenvalue weighted by molar-refractivity contribution is 7.93. The van der Waals surface area contributed by atoms with Crippen molar-refractivity contribution < 1.29 is 13.2 Å². The van der Waals surface area contributed by atoms with E-state index in [1.807, 2.05) is 6.07 Å². The standard InChI is InChI=1S/C21H24ClN3O3S/c22-16-5-8-18(9-6-16)29(27,28)21(11-1-2-12-21)20(26)24-17-7-10-19(23-15-17)25-13-3-4-14-25/h5-10,15H,1-4,11-14H2,(H,24,26). The van der Waals surface area contributed by atoms with Crippen LogP contribution in [0.4, 0.5) is 11.5 Å². The van der Waals surface area contributed by atoms with Gasteiger partial charge in [-0.2, -0.15) is 0 Å². The van der Waals surface area contributed by atoms with Crippen LogP contribution < -0.4 is 10.2 Å². The Hall–Kier alpha value is -2.12. The number of nitrogens with one attached hydrogen (secondary N) is 1. The zero-order chi connectivity index (χ0) is 20.5. The van der Waals surface area contributed by atoms with Gasteiger partial charge in [-0.3, -0.25) is 4.79 Å². The Morgan fingerprint density at radius 3 is 2.24 bits per heavy atom. The fourth-order valence-electron chi connectivity index (χ4n) is 4.24. The summed E-state index contributed by atoms with van der Waals surface area (Å²) in [6.07, 6.45) is 5.94. The van der Waals surface area contributed by atoms with Crippen molar-refractivity contribution in [3.05, 3.63) is 47.6 Å². The van der Waals surface area contributed by atoms with Crippen molar-refractivity contribution >= 4 is 38.9 Å². The van der Waals surface area contributed by atoms with Gasteiger partial charge < -0.3 is 10.2 Å². The number of halogens is 1. The molecule has 0 radical (unpaired) electrons. The lowest BCUT2D eigenvalue weighted by Crippen LogP contribution is -2.47. The summed E-state index contributed by atoms with van der Waals surface area (Å²) in [7, 11) is -3.86. The summed E-state index contributed by atoms with van der Waals surface area (Å²) in [5.74, 6) is 0.394. The third-order valence-corrected chi connectivity index (χ3v) is 8.67. The van der Waals surface area contributed by atoms with Gasteiger partial charge in [0.1, 0.15) is 5.82 Å². The summed E-state index contributed by atoms with van der Waals surface area (Å²) in [5, 5.41) is 3.26. The summed E-state index contributed by atoms with van der Waals surface area (Å²) >= 11 is 5.90. The maximum atomic E-state index is 13.4. The average Bonchev–Trinajstić information content (AvgIpc) is 3.42. The van der Waals surface area contributed by atoms with Crippen LogP contribution in [0.15, 0.2) is 47.5 Å². The third-order valence-electron chi connectivity index (χ3n) is 5.90. The van der Waals surface area contributed by atoms with Crippen LogP contribution in [0.2, 0.25) is 5.02 Å². The van der Waals surface area contributed by atoms with Crippen molar-refractivity contribution in [3.8, 4) is 0 Å². The molecule has 6 nitrogen and oxygen atoms in total. The fraction of sp³-hybridized carbons (Fsp3) is 0.429. The lowest BCUT2D eigenvalue weighted by molar-refractivity contribution is -0.118. The first kappa shape index (κ1) is 20.2. The van der Waals surface area contributed by atoms with Gasteiger partial charge in [-0.15, -0.1) is 0 Å². The van der Waals surface area contributed by atoms with Gasteiger partial charge in [0, 0.05) is 18.1 Å². The highest BCUT2D eigenvalue weighted by Crippen LogP contribution is 2.41. The molecule has 8 heteroatoms. The molecule has 0 spiro atoms. The molecule has 2 aromatic rings. The Balaban J connectivity index is 1.58. The summed E-state index contributed by atoms with van der Waals surface area (Å²) in [5.41, 5.74) is 0.510. The second kappa shape index (κ2) is 7.95. The minimum absolute atomic E-state index is 0.126. The van der Waals surface area contributed by atoms with Crippen LogP contribution in [0.5, 0.6) is 0 Å². The molecule has 1 aromatic heterocycles. The van der Waals surface area contributed by atoms with Crippen molar-refractivity contribution in [2.45, 2.75) is 48.2 Å².